The van der Waals surface area contributed by atoms with Crippen LogP contribution in [0.5, 0.6) is 5.75 Å². The summed E-state index contributed by atoms with van der Waals surface area (Å²) in [5.74, 6) is 0.0169. The number of hydrogen-bond acceptors (Lipinski definition) is 3. The molecule has 0 aliphatic rings. The lowest BCUT2D eigenvalue weighted by Gasteiger charge is -2.11. The number of hydrogen-bond donors (Lipinski definition) is 2. The summed E-state index contributed by atoms with van der Waals surface area (Å²) in [6.07, 6.45) is 0. The molecule has 25 heavy (non-hydrogen) atoms. The molecule has 2 aromatic carbocycles. The second-order valence-corrected chi connectivity index (χ2v) is 7.77. The van der Waals surface area contributed by atoms with Crippen LogP contribution in [0.4, 0.5) is 0 Å². The van der Waals surface area contributed by atoms with E-state index < -0.39 is 5.56 Å². The van der Waals surface area contributed by atoms with Gasteiger partial charge in [0.15, 0.2) is 0 Å². The second kappa shape index (κ2) is 7.20. The van der Waals surface area contributed by atoms with Gasteiger partial charge in [-0.15, -0.1) is 0 Å². The smallest absolute Gasteiger partial charge is 0.266 e. The predicted molar refractivity (Wildman–Crippen MR) is 110 cm³/mol. The van der Waals surface area contributed by atoms with Gasteiger partial charge < -0.3 is 10.1 Å². The molecule has 0 saturated carbocycles. The highest BCUT2D eigenvalue weighted by Crippen LogP contribution is 2.35. The molecule has 0 unspecified atom stereocenters. The summed E-state index contributed by atoms with van der Waals surface area (Å²) < 4.78 is 1.67. The maximum absolute atomic E-state index is 12.4. The van der Waals surface area contributed by atoms with Crippen molar-refractivity contribution in [1.29, 1.82) is 5.26 Å². The maximum Gasteiger partial charge on any atom is 0.266 e. The number of nitrogens with one attached hydrogen (secondary N) is 1. The largest absolute Gasteiger partial charge is 0.507 e. The maximum atomic E-state index is 12.4. The Morgan fingerprint density at radius 1 is 1.12 bits per heavy atom. The predicted octanol–water partition coefficient (Wildman–Crippen LogP) is 5.31. The number of nitriles is 1. The number of phenolic OH excluding ortho intramolecular Hbond substituents is 1. The van der Waals surface area contributed by atoms with E-state index in [1.165, 1.54) is 6.07 Å². The SMILES string of the molecule is N#Cc1c(-c2cc(I)ccc2Cl)cc(-c2cc(Br)ccc2O)[nH]c1=O. The zero-order chi connectivity index (χ0) is 18.1. The third-order valence-electron chi connectivity index (χ3n) is 3.61. The van der Waals surface area contributed by atoms with Crippen molar-refractivity contribution in [1.82, 2.24) is 4.98 Å². The highest BCUT2D eigenvalue weighted by Gasteiger charge is 2.16. The Morgan fingerprint density at radius 2 is 1.88 bits per heavy atom. The minimum Gasteiger partial charge on any atom is -0.507 e. The molecular formula is C18H9BrClIN2O2. The summed E-state index contributed by atoms with van der Waals surface area (Å²) in [6.45, 7) is 0. The van der Waals surface area contributed by atoms with Crippen LogP contribution in [-0.4, -0.2) is 10.1 Å². The Hall–Kier alpha value is -1.82. The van der Waals surface area contributed by atoms with E-state index in [2.05, 4.69) is 43.5 Å². The van der Waals surface area contributed by atoms with Crippen molar-refractivity contribution in [2.45, 2.75) is 0 Å². The summed E-state index contributed by atoms with van der Waals surface area (Å²) in [4.78, 5) is 15.1. The van der Waals surface area contributed by atoms with Crippen molar-refractivity contribution in [3.8, 4) is 34.2 Å². The Bertz CT molecular complexity index is 1090. The van der Waals surface area contributed by atoms with Gasteiger partial charge >= 0.3 is 0 Å². The van der Waals surface area contributed by atoms with Gasteiger partial charge in [0.25, 0.3) is 5.56 Å². The lowest BCUT2D eigenvalue weighted by atomic mass is 9.99. The summed E-state index contributed by atoms with van der Waals surface area (Å²) >= 11 is 11.8. The molecule has 0 radical (unpaired) electrons. The molecule has 2 N–H and O–H groups in total. The third-order valence-corrected chi connectivity index (χ3v) is 5.11. The van der Waals surface area contributed by atoms with Gasteiger partial charge in [-0.3, -0.25) is 4.79 Å². The summed E-state index contributed by atoms with van der Waals surface area (Å²) in [5.41, 5.74) is 1.29. The van der Waals surface area contributed by atoms with E-state index in [0.29, 0.717) is 27.4 Å². The Morgan fingerprint density at radius 3 is 2.60 bits per heavy atom. The van der Waals surface area contributed by atoms with E-state index in [1.807, 2.05) is 18.2 Å². The number of benzene rings is 2. The van der Waals surface area contributed by atoms with E-state index in [0.717, 1.165) is 8.04 Å². The topological polar surface area (TPSA) is 76.9 Å². The summed E-state index contributed by atoms with van der Waals surface area (Å²) in [6, 6.07) is 13.9. The molecule has 3 rings (SSSR count). The first-order valence-electron chi connectivity index (χ1n) is 7.02. The quantitative estimate of drug-likeness (QED) is 0.444. The zero-order valence-corrected chi connectivity index (χ0v) is 17.0. The van der Waals surface area contributed by atoms with Crippen molar-refractivity contribution < 1.29 is 5.11 Å². The van der Waals surface area contributed by atoms with Crippen molar-refractivity contribution in [3.63, 3.8) is 0 Å². The number of phenols is 1. The van der Waals surface area contributed by atoms with Crippen LogP contribution >= 0.6 is 50.1 Å². The number of aromatic amines is 1. The molecule has 4 nitrogen and oxygen atoms in total. The molecule has 0 fully saturated rings. The minimum absolute atomic E-state index is 0.0169. The number of H-pyrrole nitrogens is 1. The van der Waals surface area contributed by atoms with Crippen molar-refractivity contribution in [2.24, 2.45) is 0 Å². The van der Waals surface area contributed by atoms with Gasteiger partial charge in [0, 0.05) is 29.8 Å². The summed E-state index contributed by atoms with van der Waals surface area (Å²) in [5, 5.41) is 20.0. The van der Waals surface area contributed by atoms with Gasteiger partial charge in [-0.05, 0) is 65.1 Å². The Balaban J connectivity index is 2.35. The molecule has 1 aromatic heterocycles. The fraction of sp³-hybridized carbons (Fsp3) is 0. The first-order chi connectivity index (χ1) is 11.9. The molecule has 7 heteroatoms. The van der Waals surface area contributed by atoms with Gasteiger partial charge in [-0.2, -0.15) is 5.26 Å². The van der Waals surface area contributed by atoms with E-state index >= 15 is 0 Å². The van der Waals surface area contributed by atoms with Crippen LogP contribution in [0.25, 0.3) is 22.4 Å². The number of pyridine rings is 1. The number of aromatic nitrogens is 1. The molecular weight excluding hydrogens is 518 g/mol. The van der Waals surface area contributed by atoms with Crippen molar-refractivity contribution in [2.75, 3.05) is 0 Å². The average Bonchev–Trinajstić information content (AvgIpc) is 2.58. The van der Waals surface area contributed by atoms with Crippen molar-refractivity contribution >= 4 is 50.1 Å². The molecule has 1 heterocycles. The number of aromatic hydroxyl groups is 1. The molecule has 3 aromatic rings. The van der Waals surface area contributed by atoms with E-state index in [-0.39, 0.29) is 11.3 Å². The van der Waals surface area contributed by atoms with E-state index in [9.17, 15) is 15.2 Å². The highest BCUT2D eigenvalue weighted by atomic mass is 127. The van der Waals surface area contributed by atoms with Gasteiger partial charge in [-0.25, -0.2) is 0 Å². The molecule has 0 aliphatic carbocycles. The lowest BCUT2D eigenvalue weighted by molar-refractivity contribution is 0.477. The molecule has 0 atom stereocenters. The fourth-order valence-corrected chi connectivity index (χ4v) is 3.53. The molecule has 0 amide bonds. The number of halogens is 3. The van der Waals surface area contributed by atoms with Gasteiger partial charge in [-0.1, -0.05) is 27.5 Å². The third kappa shape index (κ3) is 3.59. The zero-order valence-electron chi connectivity index (χ0n) is 12.5. The standard InChI is InChI=1S/C18H9BrClIN2O2/c19-9-1-4-17(24)13(5-9)16-7-11(14(8-22)18(25)23-16)12-6-10(21)2-3-15(12)20/h1-7,24H,(H,23,25). The summed E-state index contributed by atoms with van der Waals surface area (Å²) in [7, 11) is 0. The van der Waals surface area contributed by atoms with E-state index in [4.69, 9.17) is 11.6 Å². The van der Waals surface area contributed by atoms with Crippen LogP contribution in [0.3, 0.4) is 0 Å². The van der Waals surface area contributed by atoms with Crippen LogP contribution in [0, 0.1) is 14.9 Å². The second-order valence-electron chi connectivity index (χ2n) is 5.20. The first kappa shape index (κ1) is 18.0. The number of nitrogens with zero attached hydrogens (tertiary/aromatic N) is 1. The molecule has 0 bridgehead atoms. The monoisotopic (exact) mass is 526 g/mol. The minimum atomic E-state index is -0.538. The average molecular weight is 528 g/mol. The molecule has 0 aliphatic heterocycles. The Kier molecular flexibility index (Phi) is 5.18. The van der Waals surface area contributed by atoms with Crippen LogP contribution in [0.15, 0.2) is 51.7 Å². The van der Waals surface area contributed by atoms with Gasteiger partial charge in [0.05, 0.1) is 5.69 Å². The van der Waals surface area contributed by atoms with Crippen LogP contribution in [-0.2, 0) is 0 Å². The normalized spacial score (nSPS) is 10.5. The molecule has 124 valence electrons. The first-order valence-corrected chi connectivity index (χ1v) is 9.27. The van der Waals surface area contributed by atoms with Crippen LogP contribution < -0.4 is 5.56 Å². The van der Waals surface area contributed by atoms with Crippen molar-refractivity contribution in [3.05, 3.63) is 71.4 Å². The fourth-order valence-electron chi connectivity index (χ4n) is 2.46. The van der Waals surface area contributed by atoms with Gasteiger partial charge in [0.2, 0.25) is 0 Å². The Labute approximate surface area is 170 Å². The molecule has 0 saturated heterocycles. The van der Waals surface area contributed by atoms with Crippen LogP contribution in [0.2, 0.25) is 5.02 Å². The van der Waals surface area contributed by atoms with E-state index in [1.54, 1.807) is 24.3 Å². The van der Waals surface area contributed by atoms with Crippen LogP contribution in [0.1, 0.15) is 5.56 Å². The number of rotatable bonds is 2. The highest BCUT2D eigenvalue weighted by molar-refractivity contribution is 14.1. The lowest BCUT2D eigenvalue weighted by Crippen LogP contribution is -2.13. The van der Waals surface area contributed by atoms with Gasteiger partial charge in [0.1, 0.15) is 17.4 Å². The molecule has 0 spiro atoms.